The highest BCUT2D eigenvalue weighted by Gasteiger charge is 2.16. The Morgan fingerprint density at radius 1 is 1.38 bits per heavy atom. The molecular formula is C15H16N6O3. The molecule has 3 aromatic rings. The second-order valence-corrected chi connectivity index (χ2v) is 5.17. The van der Waals surface area contributed by atoms with Crippen LogP contribution in [0.5, 0.6) is 0 Å². The first-order valence-corrected chi connectivity index (χ1v) is 7.14. The zero-order valence-electron chi connectivity index (χ0n) is 13.2. The predicted octanol–water partition coefficient (Wildman–Crippen LogP) is 1.64. The Kier molecular flexibility index (Phi) is 3.90. The summed E-state index contributed by atoms with van der Waals surface area (Å²) in [5.41, 5.74) is 8.07. The maximum Gasteiger partial charge on any atom is 0.412 e. The van der Waals surface area contributed by atoms with Crippen LogP contribution in [0.15, 0.2) is 30.5 Å². The van der Waals surface area contributed by atoms with Crippen LogP contribution in [0.3, 0.4) is 0 Å². The fourth-order valence-corrected chi connectivity index (χ4v) is 2.50. The fraction of sp³-hybridized carbons (Fsp3) is 0.200. The molecule has 0 unspecified atom stereocenters. The van der Waals surface area contributed by atoms with Gasteiger partial charge in [0.1, 0.15) is 6.54 Å². The van der Waals surface area contributed by atoms with Crippen molar-refractivity contribution >= 4 is 34.4 Å². The van der Waals surface area contributed by atoms with Crippen molar-refractivity contribution in [1.29, 1.82) is 0 Å². The molecule has 2 aromatic heterocycles. The summed E-state index contributed by atoms with van der Waals surface area (Å²) in [5, 5.41) is 11.2. The van der Waals surface area contributed by atoms with Gasteiger partial charge in [0.05, 0.1) is 18.8 Å². The smallest absolute Gasteiger partial charge is 0.412 e. The Bertz CT molecular complexity index is 927. The number of nitrogens with one attached hydrogen (secondary N) is 1. The second-order valence-electron chi connectivity index (χ2n) is 5.17. The number of nitrogens with zero attached hydrogens (tertiary/aromatic N) is 4. The van der Waals surface area contributed by atoms with Gasteiger partial charge in [0.25, 0.3) is 5.91 Å². The largest absolute Gasteiger partial charge is 0.453 e. The van der Waals surface area contributed by atoms with E-state index in [-0.39, 0.29) is 18.3 Å². The summed E-state index contributed by atoms with van der Waals surface area (Å²) < 4.78 is 6.04. The highest BCUT2D eigenvalue weighted by atomic mass is 16.5. The molecule has 0 saturated heterocycles. The van der Waals surface area contributed by atoms with Crippen LogP contribution in [-0.4, -0.2) is 38.7 Å². The number of ether oxygens (including phenoxy) is 1. The predicted molar refractivity (Wildman–Crippen MR) is 87.8 cm³/mol. The lowest BCUT2D eigenvalue weighted by molar-refractivity contribution is 0.0884. The summed E-state index contributed by atoms with van der Waals surface area (Å²) in [5.74, 6) is -0.0127. The standard InChI is InChI=1S/C15H16N6O3/c1-9-6-10-11(16)4-3-5-12(10)21(9)14(22)8-20-17-7-13(19-20)18-15(23)24-2/h3-7H,8,16H2,1-2H3,(H,18,19,23). The van der Waals surface area contributed by atoms with Crippen molar-refractivity contribution < 1.29 is 14.3 Å². The van der Waals surface area contributed by atoms with Gasteiger partial charge < -0.3 is 10.5 Å². The minimum atomic E-state index is -0.656. The number of aryl methyl sites for hydroxylation is 1. The maximum absolute atomic E-state index is 12.6. The Hall–Kier alpha value is -3.36. The molecule has 1 amide bonds. The number of aromatic nitrogens is 4. The Morgan fingerprint density at radius 3 is 2.92 bits per heavy atom. The zero-order valence-corrected chi connectivity index (χ0v) is 13.2. The number of benzene rings is 1. The number of hydrogen-bond acceptors (Lipinski definition) is 6. The molecule has 24 heavy (non-hydrogen) atoms. The normalized spacial score (nSPS) is 10.8. The first-order valence-electron chi connectivity index (χ1n) is 7.14. The molecule has 3 rings (SSSR count). The highest BCUT2D eigenvalue weighted by Crippen LogP contribution is 2.24. The minimum Gasteiger partial charge on any atom is -0.453 e. The van der Waals surface area contributed by atoms with Crippen LogP contribution < -0.4 is 11.1 Å². The summed E-state index contributed by atoms with van der Waals surface area (Å²) in [6.07, 6.45) is 0.680. The summed E-state index contributed by atoms with van der Waals surface area (Å²) in [4.78, 5) is 24.9. The van der Waals surface area contributed by atoms with Gasteiger partial charge in [-0.25, -0.2) is 4.79 Å². The number of rotatable bonds is 3. The molecule has 124 valence electrons. The number of methoxy groups -OCH3 is 1. The van der Waals surface area contributed by atoms with Crippen molar-refractivity contribution in [3.05, 3.63) is 36.2 Å². The van der Waals surface area contributed by atoms with Gasteiger partial charge in [0.2, 0.25) is 0 Å². The topological polar surface area (TPSA) is 117 Å². The average molecular weight is 328 g/mol. The minimum absolute atomic E-state index is 0.0811. The van der Waals surface area contributed by atoms with Crippen LogP contribution in [0, 0.1) is 6.92 Å². The van der Waals surface area contributed by atoms with Gasteiger partial charge in [-0.05, 0) is 25.1 Å². The van der Waals surface area contributed by atoms with E-state index in [9.17, 15) is 9.59 Å². The first kappa shape index (κ1) is 15.5. The van der Waals surface area contributed by atoms with Gasteiger partial charge in [-0.3, -0.25) is 14.7 Å². The van der Waals surface area contributed by atoms with Gasteiger partial charge in [-0.2, -0.15) is 9.90 Å². The summed E-state index contributed by atoms with van der Waals surface area (Å²) in [6.45, 7) is 1.75. The molecule has 2 heterocycles. The van der Waals surface area contributed by atoms with E-state index >= 15 is 0 Å². The van der Waals surface area contributed by atoms with Crippen molar-refractivity contribution in [2.75, 3.05) is 18.2 Å². The van der Waals surface area contributed by atoms with E-state index in [1.165, 1.54) is 18.1 Å². The van der Waals surface area contributed by atoms with Gasteiger partial charge in [0, 0.05) is 16.8 Å². The molecule has 0 fully saturated rings. The van der Waals surface area contributed by atoms with E-state index < -0.39 is 6.09 Å². The van der Waals surface area contributed by atoms with Gasteiger partial charge in [-0.1, -0.05) is 6.07 Å². The van der Waals surface area contributed by atoms with Crippen LogP contribution in [0.2, 0.25) is 0 Å². The molecule has 0 spiro atoms. The van der Waals surface area contributed by atoms with E-state index in [1.54, 1.807) is 16.7 Å². The van der Waals surface area contributed by atoms with Crippen LogP contribution >= 0.6 is 0 Å². The quantitative estimate of drug-likeness (QED) is 0.706. The third-order valence-electron chi connectivity index (χ3n) is 3.54. The van der Waals surface area contributed by atoms with Crippen molar-refractivity contribution in [3.8, 4) is 0 Å². The van der Waals surface area contributed by atoms with Crippen molar-refractivity contribution in [1.82, 2.24) is 19.6 Å². The summed E-state index contributed by atoms with van der Waals surface area (Å²) in [6, 6.07) is 7.28. The van der Waals surface area contributed by atoms with Crippen LogP contribution in [0.1, 0.15) is 10.5 Å². The van der Waals surface area contributed by atoms with E-state index in [0.717, 1.165) is 16.6 Å². The SMILES string of the molecule is COC(=O)Nc1cnn(CC(=O)n2c(C)cc3c(N)cccc32)n1. The third-order valence-corrected chi connectivity index (χ3v) is 3.54. The number of carbonyl (C=O) groups excluding carboxylic acids is 2. The number of nitrogen functional groups attached to an aromatic ring is 1. The van der Waals surface area contributed by atoms with Crippen LogP contribution in [-0.2, 0) is 11.3 Å². The number of hydrogen-bond donors (Lipinski definition) is 2. The van der Waals surface area contributed by atoms with Gasteiger partial charge >= 0.3 is 6.09 Å². The monoisotopic (exact) mass is 328 g/mol. The Labute approximate surface area is 137 Å². The molecule has 1 aromatic carbocycles. The number of nitrogens with two attached hydrogens (primary N) is 1. The second kappa shape index (κ2) is 6.03. The van der Waals surface area contributed by atoms with E-state index in [4.69, 9.17) is 5.73 Å². The van der Waals surface area contributed by atoms with Crippen molar-refractivity contribution in [2.45, 2.75) is 13.5 Å². The number of anilines is 2. The molecule has 0 saturated carbocycles. The van der Waals surface area contributed by atoms with Crippen molar-refractivity contribution in [2.24, 2.45) is 0 Å². The molecule has 0 aliphatic carbocycles. The van der Waals surface area contributed by atoms with Crippen LogP contribution in [0.4, 0.5) is 16.3 Å². The molecule has 0 radical (unpaired) electrons. The highest BCUT2D eigenvalue weighted by molar-refractivity contribution is 5.99. The molecule has 9 nitrogen and oxygen atoms in total. The van der Waals surface area contributed by atoms with Crippen LogP contribution in [0.25, 0.3) is 10.9 Å². The Morgan fingerprint density at radius 2 is 2.17 bits per heavy atom. The lowest BCUT2D eigenvalue weighted by Gasteiger charge is -2.06. The maximum atomic E-state index is 12.6. The molecule has 9 heteroatoms. The third kappa shape index (κ3) is 2.78. The van der Waals surface area contributed by atoms with Gasteiger partial charge in [0.15, 0.2) is 5.82 Å². The number of carbonyl (C=O) groups is 2. The van der Waals surface area contributed by atoms with E-state index in [1.807, 2.05) is 19.1 Å². The van der Waals surface area contributed by atoms with E-state index in [0.29, 0.717) is 5.69 Å². The summed E-state index contributed by atoms with van der Waals surface area (Å²) >= 11 is 0. The number of fused-ring (bicyclic) bond motifs is 1. The average Bonchev–Trinajstić information content (AvgIpc) is 3.11. The molecule has 0 bridgehead atoms. The van der Waals surface area contributed by atoms with Gasteiger partial charge in [-0.15, -0.1) is 5.10 Å². The lowest BCUT2D eigenvalue weighted by Crippen LogP contribution is -2.20. The zero-order chi connectivity index (χ0) is 17.3. The molecule has 3 N–H and O–H groups in total. The molecule has 0 aliphatic heterocycles. The lowest BCUT2D eigenvalue weighted by atomic mass is 10.2. The number of amides is 1. The van der Waals surface area contributed by atoms with Crippen molar-refractivity contribution in [3.63, 3.8) is 0 Å². The fourth-order valence-electron chi connectivity index (χ4n) is 2.50. The Balaban J connectivity index is 1.84. The molecule has 0 aliphatic rings. The molecular weight excluding hydrogens is 312 g/mol. The summed E-state index contributed by atoms with van der Waals surface area (Å²) in [7, 11) is 1.24. The first-order chi connectivity index (χ1) is 11.5. The molecule has 0 atom stereocenters. The van der Waals surface area contributed by atoms with E-state index in [2.05, 4.69) is 20.3 Å².